The molecule has 0 saturated heterocycles. The maximum Gasteiger partial charge on any atom is 0.293 e. The molecule has 0 spiro atoms. The lowest BCUT2D eigenvalue weighted by atomic mass is 10.2. The Hall–Kier alpha value is -1.32. The standard InChI is InChI=1S/C13H23N3O/c1-4-5-6-7-8-14-12-13(17)16(11(2)3)10-9-15-12/h9-11H,4-8H2,1-3H3,(H,14,15). The molecule has 1 N–H and O–H groups in total. The van der Waals surface area contributed by atoms with Crippen molar-refractivity contribution in [3.05, 3.63) is 22.7 Å². The molecule has 1 rings (SSSR count). The van der Waals surface area contributed by atoms with Crippen LogP contribution in [0.1, 0.15) is 52.5 Å². The van der Waals surface area contributed by atoms with Crippen molar-refractivity contribution >= 4 is 5.82 Å². The minimum absolute atomic E-state index is 0.0296. The lowest BCUT2D eigenvalue weighted by Crippen LogP contribution is -2.25. The third kappa shape index (κ3) is 4.21. The summed E-state index contributed by atoms with van der Waals surface area (Å²) in [6, 6.07) is 0.172. The average molecular weight is 237 g/mol. The van der Waals surface area contributed by atoms with Gasteiger partial charge in [-0.25, -0.2) is 4.98 Å². The van der Waals surface area contributed by atoms with Crippen LogP contribution < -0.4 is 10.9 Å². The zero-order chi connectivity index (χ0) is 12.7. The van der Waals surface area contributed by atoms with E-state index in [9.17, 15) is 4.79 Å². The van der Waals surface area contributed by atoms with Crippen LogP contribution in [0, 0.1) is 0 Å². The second kappa shape index (κ2) is 7.09. The maximum atomic E-state index is 12.0. The van der Waals surface area contributed by atoms with Crippen molar-refractivity contribution in [2.45, 2.75) is 52.5 Å². The SMILES string of the molecule is CCCCCCNc1nccn(C(C)C)c1=O. The average Bonchev–Trinajstić information content (AvgIpc) is 2.30. The van der Waals surface area contributed by atoms with E-state index >= 15 is 0 Å². The summed E-state index contributed by atoms with van der Waals surface area (Å²) >= 11 is 0. The molecular weight excluding hydrogens is 214 g/mol. The van der Waals surface area contributed by atoms with Gasteiger partial charge in [-0.05, 0) is 20.3 Å². The van der Waals surface area contributed by atoms with Crippen LogP contribution in [0.15, 0.2) is 17.2 Å². The van der Waals surface area contributed by atoms with E-state index in [2.05, 4.69) is 17.2 Å². The molecule has 0 saturated carbocycles. The quantitative estimate of drug-likeness (QED) is 0.742. The van der Waals surface area contributed by atoms with Gasteiger partial charge in [0.15, 0.2) is 5.82 Å². The molecule has 4 heteroatoms. The Kier molecular flexibility index (Phi) is 5.73. The summed E-state index contributed by atoms with van der Waals surface area (Å²) in [5.74, 6) is 0.470. The normalized spacial score (nSPS) is 10.8. The number of nitrogens with one attached hydrogen (secondary N) is 1. The predicted molar refractivity (Wildman–Crippen MR) is 71.5 cm³/mol. The highest BCUT2D eigenvalue weighted by atomic mass is 16.1. The van der Waals surface area contributed by atoms with Gasteiger partial charge in [-0.1, -0.05) is 26.2 Å². The van der Waals surface area contributed by atoms with Crippen molar-refractivity contribution in [1.29, 1.82) is 0 Å². The third-order valence-corrected chi connectivity index (χ3v) is 2.75. The van der Waals surface area contributed by atoms with Crippen LogP contribution in [0.25, 0.3) is 0 Å². The first kappa shape index (κ1) is 13.7. The first-order valence-corrected chi connectivity index (χ1v) is 6.47. The van der Waals surface area contributed by atoms with Crippen LogP contribution in [-0.2, 0) is 0 Å². The Morgan fingerprint density at radius 1 is 1.35 bits per heavy atom. The molecule has 0 bridgehead atoms. The minimum atomic E-state index is -0.0296. The lowest BCUT2D eigenvalue weighted by molar-refractivity contribution is 0.574. The Labute approximate surface area is 103 Å². The van der Waals surface area contributed by atoms with E-state index in [1.165, 1.54) is 19.3 Å². The highest BCUT2D eigenvalue weighted by molar-refractivity contribution is 5.30. The summed E-state index contributed by atoms with van der Waals surface area (Å²) < 4.78 is 1.70. The Morgan fingerprint density at radius 2 is 2.12 bits per heavy atom. The molecule has 0 radical (unpaired) electrons. The van der Waals surface area contributed by atoms with Gasteiger partial charge in [-0.15, -0.1) is 0 Å². The third-order valence-electron chi connectivity index (χ3n) is 2.75. The molecule has 0 unspecified atom stereocenters. The predicted octanol–water partition coefficient (Wildman–Crippen LogP) is 2.82. The monoisotopic (exact) mass is 237 g/mol. The second-order valence-corrected chi connectivity index (χ2v) is 4.57. The fourth-order valence-corrected chi connectivity index (χ4v) is 1.71. The summed E-state index contributed by atoms with van der Waals surface area (Å²) in [7, 11) is 0. The van der Waals surface area contributed by atoms with Gasteiger partial charge >= 0.3 is 0 Å². The summed E-state index contributed by atoms with van der Waals surface area (Å²) in [6.07, 6.45) is 8.18. The van der Waals surface area contributed by atoms with Crippen molar-refractivity contribution in [2.24, 2.45) is 0 Å². The molecule has 0 amide bonds. The number of anilines is 1. The highest BCUT2D eigenvalue weighted by Crippen LogP contribution is 2.03. The van der Waals surface area contributed by atoms with Crippen LogP contribution in [0.4, 0.5) is 5.82 Å². The Morgan fingerprint density at radius 3 is 2.76 bits per heavy atom. The van der Waals surface area contributed by atoms with E-state index in [0.717, 1.165) is 13.0 Å². The van der Waals surface area contributed by atoms with Crippen molar-refractivity contribution in [1.82, 2.24) is 9.55 Å². The van der Waals surface area contributed by atoms with Gasteiger partial charge in [-0.2, -0.15) is 0 Å². The van der Waals surface area contributed by atoms with Crippen molar-refractivity contribution in [3.8, 4) is 0 Å². The molecule has 17 heavy (non-hydrogen) atoms. The number of hydrogen-bond acceptors (Lipinski definition) is 3. The van der Waals surface area contributed by atoms with E-state index in [1.54, 1.807) is 17.0 Å². The maximum absolute atomic E-state index is 12.0. The van der Waals surface area contributed by atoms with E-state index in [-0.39, 0.29) is 11.6 Å². The second-order valence-electron chi connectivity index (χ2n) is 4.57. The van der Waals surface area contributed by atoms with Gasteiger partial charge in [0.05, 0.1) is 0 Å². The first-order chi connectivity index (χ1) is 8.16. The number of aromatic nitrogens is 2. The molecule has 1 aromatic heterocycles. The van der Waals surface area contributed by atoms with Crippen LogP contribution in [-0.4, -0.2) is 16.1 Å². The fraction of sp³-hybridized carbons (Fsp3) is 0.692. The van der Waals surface area contributed by atoms with Gasteiger partial charge in [0, 0.05) is 25.0 Å². The Balaban J connectivity index is 2.54. The van der Waals surface area contributed by atoms with Crippen LogP contribution in [0.3, 0.4) is 0 Å². The molecule has 0 fully saturated rings. The Bertz CT molecular complexity index is 384. The van der Waals surface area contributed by atoms with Crippen molar-refractivity contribution < 1.29 is 0 Å². The van der Waals surface area contributed by atoms with Crippen LogP contribution in [0.2, 0.25) is 0 Å². The topological polar surface area (TPSA) is 46.9 Å². The van der Waals surface area contributed by atoms with E-state index in [4.69, 9.17) is 0 Å². The van der Waals surface area contributed by atoms with E-state index in [0.29, 0.717) is 5.82 Å². The molecule has 96 valence electrons. The van der Waals surface area contributed by atoms with Gasteiger partial charge in [0.25, 0.3) is 5.56 Å². The van der Waals surface area contributed by atoms with Crippen LogP contribution in [0.5, 0.6) is 0 Å². The van der Waals surface area contributed by atoms with Gasteiger partial charge < -0.3 is 9.88 Å². The summed E-state index contributed by atoms with van der Waals surface area (Å²) in [4.78, 5) is 16.1. The molecule has 1 heterocycles. The molecule has 4 nitrogen and oxygen atoms in total. The smallest absolute Gasteiger partial charge is 0.293 e. The molecule has 1 aromatic rings. The lowest BCUT2D eigenvalue weighted by Gasteiger charge is -2.11. The molecule has 0 aromatic carbocycles. The summed E-state index contributed by atoms with van der Waals surface area (Å²) in [5.41, 5.74) is -0.0296. The van der Waals surface area contributed by atoms with E-state index in [1.807, 2.05) is 13.8 Å². The summed E-state index contributed by atoms with van der Waals surface area (Å²) in [5, 5.41) is 3.12. The summed E-state index contributed by atoms with van der Waals surface area (Å²) in [6.45, 7) is 7.00. The number of unbranched alkanes of at least 4 members (excludes halogenated alkanes) is 3. The van der Waals surface area contributed by atoms with Crippen molar-refractivity contribution in [3.63, 3.8) is 0 Å². The highest BCUT2D eigenvalue weighted by Gasteiger charge is 2.05. The molecule has 0 aliphatic heterocycles. The van der Waals surface area contributed by atoms with Gasteiger partial charge in [0.1, 0.15) is 0 Å². The van der Waals surface area contributed by atoms with Gasteiger partial charge in [-0.3, -0.25) is 4.79 Å². The molecular formula is C13H23N3O. The largest absolute Gasteiger partial charge is 0.365 e. The number of hydrogen-bond donors (Lipinski definition) is 1. The molecule has 0 atom stereocenters. The molecule has 0 aliphatic rings. The zero-order valence-corrected chi connectivity index (χ0v) is 11.1. The fourth-order valence-electron chi connectivity index (χ4n) is 1.71. The number of rotatable bonds is 7. The number of nitrogens with zero attached hydrogens (tertiary/aromatic N) is 2. The van der Waals surface area contributed by atoms with Crippen molar-refractivity contribution in [2.75, 3.05) is 11.9 Å². The minimum Gasteiger partial charge on any atom is -0.365 e. The first-order valence-electron chi connectivity index (χ1n) is 6.47. The molecule has 0 aliphatic carbocycles. The zero-order valence-electron chi connectivity index (χ0n) is 11.1. The van der Waals surface area contributed by atoms with Crippen LogP contribution >= 0.6 is 0 Å². The van der Waals surface area contributed by atoms with E-state index < -0.39 is 0 Å². The van der Waals surface area contributed by atoms with Gasteiger partial charge in [0.2, 0.25) is 0 Å².